The largest absolute Gasteiger partial charge is 0.376 e. The normalized spacial score (nSPS) is 20.8. The van der Waals surface area contributed by atoms with Crippen LogP contribution in [0.3, 0.4) is 0 Å². The van der Waals surface area contributed by atoms with Crippen LogP contribution >= 0.6 is 0 Å². The molecule has 0 unspecified atom stereocenters. The summed E-state index contributed by atoms with van der Waals surface area (Å²) >= 11 is 0. The van der Waals surface area contributed by atoms with Gasteiger partial charge in [0.05, 0.1) is 36.0 Å². The van der Waals surface area contributed by atoms with Crippen molar-refractivity contribution in [2.24, 2.45) is 5.92 Å². The van der Waals surface area contributed by atoms with Gasteiger partial charge >= 0.3 is 0 Å². The Balaban J connectivity index is 0.00000274. The lowest BCUT2D eigenvalue weighted by molar-refractivity contribution is 0.0390. The summed E-state index contributed by atoms with van der Waals surface area (Å²) < 4.78 is 8.14. The molecule has 0 amide bonds. The number of ether oxygens (including phenoxy) is 1. The number of aromatic nitrogens is 3. The molecule has 6 nitrogen and oxygen atoms in total. The summed E-state index contributed by atoms with van der Waals surface area (Å²) in [6.07, 6.45) is 11.9. The van der Waals surface area contributed by atoms with Gasteiger partial charge in [-0.05, 0) is 61.8 Å². The Morgan fingerprint density at radius 3 is 2.79 bits per heavy atom. The topological polar surface area (TPSA) is 67.0 Å². The molecule has 2 aliphatic rings. The van der Waals surface area contributed by atoms with Crippen LogP contribution in [-0.2, 0) is 11.3 Å². The number of rotatable bonds is 4. The van der Waals surface area contributed by atoms with Gasteiger partial charge < -0.3 is 9.64 Å². The molecule has 6 heteroatoms. The molecule has 33 heavy (non-hydrogen) atoms. The summed E-state index contributed by atoms with van der Waals surface area (Å²) in [4.78, 5) is 7.52. The number of anilines is 1. The van der Waals surface area contributed by atoms with E-state index >= 15 is 0 Å². The molecule has 0 saturated carbocycles. The molecule has 1 fully saturated rings. The predicted octanol–water partition coefficient (Wildman–Crippen LogP) is 5.58. The van der Waals surface area contributed by atoms with Gasteiger partial charge in [-0.25, -0.2) is 4.98 Å². The minimum Gasteiger partial charge on any atom is -0.376 e. The van der Waals surface area contributed by atoms with Crippen molar-refractivity contribution >= 4 is 16.9 Å². The average molecular weight is 444 g/mol. The van der Waals surface area contributed by atoms with E-state index in [9.17, 15) is 5.26 Å². The van der Waals surface area contributed by atoms with Crippen LogP contribution in [0.4, 0.5) is 5.82 Å². The van der Waals surface area contributed by atoms with Gasteiger partial charge in [0.2, 0.25) is 0 Å². The van der Waals surface area contributed by atoms with E-state index in [4.69, 9.17) is 14.8 Å². The molecule has 1 saturated heterocycles. The molecule has 0 spiro atoms. The number of fused-ring (bicyclic) bond motifs is 1. The molecule has 172 valence electrons. The molecule has 0 radical (unpaired) electrons. The number of nitriles is 1. The molecule has 1 atom stereocenters. The van der Waals surface area contributed by atoms with Gasteiger partial charge in [-0.2, -0.15) is 10.4 Å². The van der Waals surface area contributed by atoms with Crippen LogP contribution in [0.2, 0.25) is 0 Å². The third-order valence-electron chi connectivity index (χ3n) is 6.83. The standard InChI is InChI=1S/C27H31N5O.H2/c1-20-11-13-31(14-12-20)27-24(22-9-7-21(17-28)8-10-22)16-26-25(30-27)18-29-32(26)19-23-6-4-2-3-5-15-33-23;/h2,4,7-10,16,18,20,23H,3,5-6,11-15,19H2,1H3;1H/b4-2+;/t23-;/m1./s1. The maximum absolute atomic E-state index is 9.23. The van der Waals surface area contributed by atoms with Crippen LogP contribution in [0.25, 0.3) is 22.2 Å². The highest BCUT2D eigenvalue weighted by atomic mass is 16.5. The molecule has 2 aliphatic heterocycles. The Morgan fingerprint density at radius 2 is 2.00 bits per heavy atom. The van der Waals surface area contributed by atoms with E-state index in [-0.39, 0.29) is 7.53 Å². The second kappa shape index (κ2) is 9.76. The van der Waals surface area contributed by atoms with Gasteiger partial charge in [-0.15, -0.1) is 0 Å². The molecule has 0 N–H and O–H groups in total. The van der Waals surface area contributed by atoms with Crippen LogP contribution in [-0.4, -0.2) is 40.6 Å². The Morgan fingerprint density at radius 1 is 1.18 bits per heavy atom. The molecule has 0 aliphatic carbocycles. The molecule has 2 aromatic heterocycles. The zero-order chi connectivity index (χ0) is 22.6. The summed E-state index contributed by atoms with van der Waals surface area (Å²) in [7, 11) is 0. The maximum Gasteiger partial charge on any atom is 0.137 e. The van der Waals surface area contributed by atoms with E-state index in [0.717, 1.165) is 72.9 Å². The van der Waals surface area contributed by atoms with Crippen LogP contribution in [0.15, 0.2) is 48.7 Å². The third kappa shape index (κ3) is 4.79. The lowest BCUT2D eigenvalue weighted by Crippen LogP contribution is -2.33. The first-order valence-electron chi connectivity index (χ1n) is 12.1. The Labute approximate surface area is 197 Å². The molecule has 3 aromatic rings. The van der Waals surface area contributed by atoms with Crippen molar-refractivity contribution in [3.8, 4) is 17.2 Å². The lowest BCUT2D eigenvalue weighted by Gasteiger charge is -2.32. The second-order valence-corrected chi connectivity index (χ2v) is 9.29. The summed E-state index contributed by atoms with van der Waals surface area (Å²) in [6.45, 7) is 5.86. The number of allylic oxidation sites excluding steroid dienone is 1. The van der Waals surface area contributed by atoms with Gasteiger partial charge in [-0.1, -0.05) is 31.2 Å². The van der Waals surface area contributed by atoms with Crippen LogP contribution < -0.4 is 4.90 Å². The fourth-order valence-corrected chi connectivity index (χ4v) is 4.74. The van der Waals surface area contributed by atoms with E-state index in [1.165, 1.54) is 12.8 Å². The summed E-state index contributed by atoms with van der Waals surface area (Å²) in [6, 6.07) is 12.3. The first kappa shape index (κ1) is 21.7. The minimum atomic E-state index is 0. The smallest absolute Gasteiger partial charge is 0.137 e. The van der Waals surface area contributed by atoms with Crippen molar-refractivity contribution in [1.82, 2.24) is 14.8 Å². The highest BCUT2D eigenvalue weighted by Gasteiger charge is 2.22. The highest BCUT2D eigenvalue weighted by molar-refractivity contribution is 5.88. The van der Waals surface area contributed by atoms with Crippen molar-refractivity contribution in [3.05, 3.63) is 54.2 Å². The fraction of sp³-hybridized carbons (Fsp3) is 0.444. The maximum atomic E-state index is 9.23. The van der Waals surface area contributed by atoms with E-state index in [2.05, 4.69) is 36.1 Å². The van der Waals surface area contributed by atoms with Crippen molar-refractivity contribution in [2.45, 2.75) is 51.7 Å². The SMILES string of the molecule is CC1CCN(c2nc3cnn(C[C@H]4C/C=C/CCCO4)c3cc2-c2ccc(C#N)cc2)CC1.[HH]. The summed E-state index contributed by atoms with van der Waals surface area (Å²) in [5, 5.41) is 13.9. The predicted molar refractivity (Wildman–Crippen MR) is 133 cm³/mol. The zero-order valence-electron chi connectivity index (χ0n) is 19.3. The van der Waals surface area contributed by atoms with E-state index in [1.807, 2.05) is 35.1 Å². The number of pyridine rings is 1. The molecule has 1 aromatic carbocycles. The zero-order valence-corrected chi connectivity index (χ0v) is 19.3. The van der Waals surface area contributed by atoms with Crippen molar-refractivity contribution in [2.75, 3.05) is 24.6 Å². The quantitative estimate of drug-likeness (QED) is 0.493. The van der Waals surface area contributed by atoms with Crippen molar-refractivity contribution in [3.63, 3.8) is 0 Å². The average Bonchev–Trinajstić information content (AvgIpc) is 3.22. The highest BCUT2D eigenvalue weighted by Crippen LogP contribution is 2.35. The molecule has 0 bridgehead atoms. The fourth-order valence-electron chi connectivity index (χ4n) is 4.74. The number of piperidine rings is 1. The Hall–Kier alpha value is -3.17. The third-order valence-corrected chi connectivity index (χ3v) is 6.83. The Bertz CT molecular complexity index is 1170. The van der Waals surface area contributed by atoms with E-state index in [1.54, 1.807) is 0 Å². The summed E-state index contributed by atoms with van der Waals surface area (Å²) in [5.74, 6) is 1.77. The van der Waals surface area contributed by atoms with Crippen LogP contribution in [0, 0.1) is 17.2 Å². The minimum absolute atomic E-state index is 0. The molecular weight excluding hydrogens is 410 g/mol. The number of benzene rings is 1. The van der Waals surface area contributed by atoms with Crippen LogP contribution in [0.1, 0.15) is 46.0 Å². The lowest BCUT2D eigenvalue weighted by atomic mass is 9.97. The Kier molecular flexibility index (Phi) is 6.41. The molecular formula is C27H33N5O. The number of nitrogens with zero attached hydrogens (tertiary/aromatic N) is 5. The van der Waals surface area contributed by atoms with Crippen molar-refractivity contribution in [1.29, 1.82) is 5.26 Å². The summed E-state index contributed by atoms with van der Waals surface area (Å²) in [5.41, 5.74) is 4.79. The van der Waals surface area contributed by atoms with Gasteiger partial charge in [0.25, 0.3) is 0 Å². The van der Waals surface area contributed by atoms with Gasteiger partial charge in [-0.3, -0.25) is 4.68 Å². The van der Waals surface area contributed by atoms with E-state index in [0.29, 0.717) is 12.1 Å². The van der Waals surface area contributed by atoms with Gasteiger partial charge in [0, 0.05) is 26.7 Å². The monoisotopic (exact) mass is 443 g/mol. The van der Waals surface area contributed by atoms with Crippen molar-refractivity contribution < 1.29 is 6.16 Å². The first-order valence-corrected chi connectivity index (χ1v) is 12.1. The molecule has 5 rings (SSSR count). The second-order valence-electron chi connectivity index (χ2n) is 9.29. The van der Waals surface area contributed by atoms with E-state index < -0.39 is 0 Å². The number of hydrogen-bond donors (Lipinski definition) is 0. The first-order chi connectivity index (χ1) is 16.2. The van der Waals surface area contributed by atoms with Gasteiger partial charge in [0.15, 0.2) is 0 Å². The number of hydrogen-bond acceptors (Lipinski definition) is 5. The van der Waals surface area contributed by atoms with Gasteiger partial charge in [0.1, 0.15) is 11.3 Å². The van der Waals surface area contributed by atoms with Crippen LogP contribution in [0.5, 0.6) is 0 Å². The molecule has 4 heterocycles.